The Morgan fingerprint density at radius 3 is 2.48 bits per heavy atom. The summed E-state index contributed by atoms with van der Waals surface area (Å²) in [6.45, 7) is 3.05. The topological polar surface area (TPSA) is 50.1 Å². The number of imidazole rings is 1. The van der Waals surface area contributed by atoms with Crippen molar-refractivity contribution in [2.24, 2.45) is 0 Å². The summed E-state index contributed by atoms with van der Waals surface area (Å²) in [6.07, 6.45) is 5.47. The minimum Gasteiger partial charge on any atom is -0.384 e. The van der Waals surface area contributed by atoms with Crippen LogP contribution in [-0.2, 0) is 12.1 Å². The molecule has 0 amide bonds. The molecule has 0 aliphatic rings. The largest absolute Gasteiger partial charge is 0.384 e. The van der Waals surface area contributed by atoms with Crippen LogP contribution in [0.15, 0.2) is 73.3 Å². The molecule has 0 spiro atoms. The van der Waals surface area contributed by atoms with Crippen LogP contribution in [0, 0.1) is 0 Å². The second-order valence-electron chi connectivity index (χ2n) is 5.88. The average Bonchev–Trinajstić information content (AvgIpc) is 3.11. The van der Waals surface area contributed by atoms with E-state index in [1.807, 2.05) is 48.0 Å². The van der Waals surface area contributed by atoms with Crippen LogP contribution in [0.2, 0.25) is 0 Å². The molecule has 1 atom stereocenters. The molecule has 0 aliphatic heterocycles. The van der Waals surface area contributed by atoms with Crippen molar-refractivity contribution < 1.29 is 5.11 Å². The van der Waals surface area contributed by atoms with E-state index in [2.05, 4.69) is 34.6 Å². The van der Waals surface area contributed by atoms with Crippen molar-refractivity contribution in [2.75, 3.05) is 6.54 Å². The summed E-state index contributed by atoms with van der Waals surface area (Å²) in [5.74, 6) is 0. The number of hydrogen-bond acceptors (Lipinski definition) is 3. The zero-order valence-electron chi connectivity index (χ0n) is 13.2. The van der Waals surface area contributed by atoms with Gasteiger partial charge in [0.05, 0.1) is 11.9 Å². The van der Waals surface area contributed by atoms with Crippen molar-refractivity contribution in [3.63, 3.8) is 0 Å². The average molecular weight is 307 g/mol. The molecule has 0 saturated carbocycles. The number of nitrogens with one attached hydrogen (secondary N) is 1. The first-order chi connectivity index (χ1) is 11.1. The summed E-state index contributed by atoms with van der Waals surface area (Å²) < 4.78 is 1.97. The van der Waals surface area contributed by atoms with Crippen LogP contribution in [0.3, 0.4) is 0 Å². The highest BCUT2D eigenvalue weighted by molar-refractivity contribution is 5.34. The molecule has 4 heteroatoms. The molecule has 118 valence electrons. The molecule has 4 nitrogen and oxygen atoms in total. The van der Waals surface area contributed by atoms with Gasteiger partial charge < -0.3 is 15.0 Å². The maximum Gasteiger partial charge on any atom is 0.0992 e. The van der Waals surface area contributed by atoms with Crippen LogP contribution < -0.4 is 5.32 Å². The molecule has 2 N–H and O–H groups in total. The third-order valence-corrected chi connectivity index (χ3v) is 3.93. The fraction of sp³-hybridized carbons (Fsp3) is 0.211. The highest BCUT2D eigenvalue weighted by Gasteiger charge is 2.21. The van der Waals surface area contributed by atoms with E-state index in [0.717, 1.165) is 11.3 Å². The lowest BCUT2D eigenvalue weighted by molar-refractivity contribution is 0.0567. The first-order valence-electron chi connectivity index (χ1n) is 7.71. The Balaban J connectivity index is 1.56. The number of aliphatic hydroxyl groups is 1. The molecule has 1 unspecified atom stereocenters. The smallest absolute Gasteiger partial charge is 0.0992 e. The van der Waals surface area contributed by atoms with Crippen LogP contribution in [0.1, 0.15) is 18.1 Å². The van der Waals surface area contributed by atoms with Crippen molar-refractivity contribution in [1.29, 1.82) is 0 Å². The van der Waals surface area contributed by atoms with E-state index in [0.29, 0.717) is 13.1 Å². The molecule has 23 heavy (non-hydrogen) atoms. The van der Waals surface area contributed by atoms with E-state index in [4.69, 9.17) is 0 Å². The zero-order chi connectivity index (χ0) is 16.1. The minimum absolute atomic E-state index is 0.500. The van der Waals surface area contributed by atoms with Gasteiger partial charge in [0.15, 0.2) is 0 Å². The molecular weight excluding hydrogens is 286 g/mol. The molecule has 1 heterocycles. The first-order valence-corrected chi connectivity index (χ1v) is 7.71. The molecular formula is C19H21N3O. The van der Waals surface area contributed by atoms with Gasteiger partial charge in [-0.05, 0) is 30.2 Å². The van der Waals surface area contributed by atoms with Gasteiger partial charge in [0.1, 0.15) is 0 Å². The molecule has 0 bridgehead atoms. The third-order valence-electron chi connectivity index (χ3n) is 3.93. The van der Waals surface area contributed by atoms with Gasteiger partial charge in [-0.15, -0.1) is 0 Å². The van der Waals surface area contributed by atoms with Gasteiger partial charge in [0, 0.05) is 31.2 Å². The van der Waals surface area contributed by atoms with E-state index in [1.54, 1.807) is 12.5 Å². The van der Waals surface area contributed by atoms with Gasteiger partial charge in [-0.3, -0.25) is 0 Å². The molecule has 3 rings (SSSR count). The molecule has 0 fully saturated rings. The predicted molar refractivity (Wildman–Crippen MR) is 91.3 cm³/mol. The van der Waals surface area contributed by atoms with Gasteiger partial charge in [0.2, 0.25) is 0 Å². The van der Waals surface area contributed by atoms with Gasteiger partial charge in [-0.1, -0.05) is 42.5 Å². The highest BCUT2D eigenvalue weighted by Crippen LogP contribution is 2.19. The molecule has 0 aliphatic carbocycles. The van der Waals surface area contributed by atoms with Crippen LogP contribution in [0.25, 0.3) is 5.69 Å². The Kier molecular flexibility index (Phi) is 4.55. The van der Waals surface area contributed by atoms with Crippen molar-refractivity contribution in [1.82, 2.24) is 14.9 Å². The highest BCUT2D eigenvalue weighted by atomic mass is 16.3. The number of rotatable bonds is 6. The maximum absolute atomic E-state index is 10.6. The maximum atomic E-state index is 10.6. The number of hydrogen-bond donors (Lipinski definition) is 2. The normalized spacial score (nSPS) is 13.7. The van der Waals surface area contributed by atoms with E-state index in [1.165, 1.54) is 5.56 Å². The number of nitrogens with zero attached hydrogens (tertiary/aromatic N) is 2. The minimum atomic E-state index is -0.877. The summed E-state index contributed by atoms with van der Waals surface area (Å²) in [5.41, 5.74) is 2.31. The van der Waals surface area contributed by atoms with E-state index < -0.39 is 5.60 Å². The summed E-state index contributed by atoms with van der Waals surface area (Å²) in [5, 5.41) is 13.9. The fourth-order valence-electron chi connectivity index (χ4n) is 2.55. The second kappa shape index (κ2) is 6.77. The van der Waals surface area contributed by atoms with Crippen LogP contribution >= 0.6 is 0 Å². The molecule has 3 aromatic rings. The van der Waals surface area contributed by atoms with Gasteiger partial charge in [-0.2, -0.15) is 0 Å². The van der Waals surface area contributed by atoms with Crippen molar-refractivity contribution in [3.8, 4) is 5.69 Å². The van der Waals surface area contributed by atoms with Crippen molar-refractivity contribution in [3.05, 3.63) is 84.4 Å². The van der Waals surface area contributed by atoms with Crippen molar-refractivity contribution in [2.45, 2.75) is 19.1 Å². The summed E-state index contributed by atoms with van der Waals surface area (Å²) >= 11 is 0. The Labute approximate surface area is 136 Å². The Bertz CT molecular complexity index is 719. The number of aromatic nitrogens is 2. The lowest BCUT2D eigenvalue weighted by Gasteiger charge is -2.24. The Hall–Kier alpha value is -2.43. The number of benzene rings is 2. The Morgan fingerprint density at radius 1 is 1.09 bits per heavy atom. The Morgan fingerprint density at radius 2 is 1.83 bits per heavy atom. The summed E-state index contributed by atoms with van der Waals surface area (Å²) in [6, 6.07) is 18.0. The quantitative estimate of drug-likeness (QED) is 0.736. The summed E-state index contributed by atoms with van der Waals surface area (Å²) in [7, 11) is 0. The standard InChI is InChI=1S/C19H21N3O/c1-19(23,17-5-3-2-4-6-17)14-21-13-16-7-9-18(10-8-16)22-12-11-20-15-22/h2-12,15,21,23H,13-14H2,1H3. The van der Waals surface area contributed by atoms with Gasteiger partial charge >= 0.3 is 0 Å². The van der Waals surface area contributed by atoms with Crippen LogP contribution in [0.5, 0.6) is 0 Å². The van der Waals surface area contributed by atoms with E-state index in [9.17, 15) is 5.11 Å². The van der Waals surface area contributed by atoms with Gasteiger partial charge in [-0.25, -0.2) is 4.98 Å². The predicted octanol–water partition coefficient (Wildman–Crippen LogP) is 2.87. The van der Waals surface area contributed by atoms with Crippen molar-refractivity contribution >= 4 is 0 Å². The van der Waals surface area contributed by atoms with E-state index >= 15 is 0 Å². The monoisotopic (exact) mass is 307 g/mol. The molecule has 2 aromatic carbocycles. The van der Waals surface area contributed by atoms with Gasteiger partial charge in [0.25, 0.3) is 0 Å². The molecule has 0 radical (unpaired) electrons. The summed E-state index contributed by atoms with van der Waals surface area (Å²) in [4.78, 5) is 4.05. The lowest BCUT2D eigenvalue weighted by atomic mass is 9.96. The van der Waals surface area contributed by atoms with E-state index in [-0.39, 0.29) is 0 Å². The fourth-order valence-corrected chi connectivity index (χ4v) is 2.55. The molecule has 1 aromatic heterocycles. The second-order valence-corrected chi connectivity index (χ2v) is 5.88. The van der Waals surface area contributed by atoms with Crippen LogP contribution in [-0.4, -0.2) is 21.2 Å². The zero-order valence-corrected chi connectivity index (χ0v) is 13.2. The SMILES string of the molecule is CC(O)(CNCc1ccc(-n2ccnc2)cc1)c1ccccc1. The lowest BCUT2D eigenvalue weighted by Crippen LogP contribution is -2.35. The first kappa shape index (κ1) is 15.5. The third kappa shape index (κ3) is 3.86. The van der Waals surface area contributed by atoms with Crippen LogP contribution in [0.4, 0.5) is 0 Å². The molecule has 0 saturated heterocycles.